The molecular weight excluding hydrogens is 370 g/mol. The van der Waals surface area contributed by atoms with E-state index in [1.165, 1.54) is 26.2 Å². The van der Waals surface area contributed by atoms with Crippen molar-refractivity contribution < 1.29 is 27.5 Å². The van der Waals surface area contributed by atoms with Crippen molar-refractivity contribution in [3.63, 3.8) is 0 Å². The van der Waals surface area contributed by atoms with Gasteiger partial charge in [0, 0.05) is 6.26 Å². The summed E-state index contributed by atoms with van der Waals surface area (Å²) in [7, 11) is -1.74. The number of anilines is 1. The van der Waals surface area contributed by atoms with E-state index in [0.717, 1.165) is 6.26 Å². The highest BCUT2D eigenvalue weighted by Crippen LogP contribution is 2.23. The van der Waals surface area contributed by atoms with Gasteiger partial charge in [-0.1, -0.05) is 24.3 Å². The van der Waals surface area contributed by atoms with E-state index in [4.69, 9.17) is 9.47 Å². The summed E-state index contributed by atoms with van der Waals surface area (Å²) < 4.78 is 33.1. The van der Waals surface area contributed by atoms with E-state index in [9.17, 15) is 18.0 Å². The molecule has 1 atom stereocenters. The Morgan fingerprint density at radius 1 is 1.11 bits per heavy atom. The number of amides is 1. The molecule has 0 bridgehead atoms. The molecule has 0 aliphatic rings. The Bertz CT molecular complexity index is 939. The first-order valence-corrected chi connectivity index (χ1v) is 10.2. The van der Waals surface area contributed by atoms with Gasteiger partial charge in [0.15, 0.2) is 15.9 Å². The molecule has 0 heterocycles. The Balaban J connectivity index is 2.04. The number of ether oxygens (including phenoxy) is 2. The number of carbonyl (C=O) groups excluding carboxylic acids is 2. The number of nitrogens with one attached hydrogen (secondary N) is 1. The van der Waals surface area contributed by atoms with E-state index in [1.54, 1.807) is 36.4 Å². The van der Waals surface area contributed by atoms with Crippen LogP contribution >= 0.6 is 0 Å². The fraction of sp³-hybridized carbons (Fsp3) is 0.263. The van der Waals surface area contributed by atoms with E-state index in [2.05, 4.69) is 5.32 Å². The standard InChI is InChI=1S/C19H21NO6S/c1-13(18(21)20-16-9-4-5-10-17(16)25-2)26-19(22)15-8-6-7-14(11-15)12-27(3,23)24/h4-11,13H,12H2,1-3H3,(H,20,21)/t13-/m1/s1. The van der Waals surface area contributed by atoms with Crippen molar-refractivity contribution in [3.8, 4) is 5.75 Å². The zero-order chi connectivity index (χ0) is 20.0. The van der Waals surface area contributed by atoms with Gasteiger partial charge in [-0.15, -0.1) is 0 Å². The van der Waals surface area contributed by atoms with Gasteiger partial charge in [-0.25, -0.2) is 13.2 Å². The molecule has 1 amide bonds. The number of esters is 1. The van der Waals surface area contributed by atoms with Crippen LogP contribution in [0.15, 0.2) is 48.5 Å². The van der Waals surface area contributed by atoms with Crippen molar-refractivity contribution in [3.05, 3.63) is 59.7 Å². The Kier molecular flexibility index (Phi) is 6.57. The quantitative estimate of drug-likeness (QED) is 0.728. The van der Waals surface area contributed by atoms with Crippen LogP contribution in [-0.4, -0.2) is 39.8 Å². The molecule has 0 radical (unpaired) electrons. The Morgan fingerprint density at radius 3 is 2.48 bits per heavy atom. The normalized spacial score (nSPS) is 12.1. The van der Waals surface area contributed by atoms with Gasteiger partial charge >= 0.3 is 5.97 Å². The zero-order valence-electron chi connectivity index (χ0n) is 15.3. The smallest absolute Gasteiger partial charge is 0.338 e. The maximum Gasteiger partial charge on any atom is 0.338 e. The van der Waals surface area contributed by atoms with E-state index in [-0.39, 0.29) is 11.3 Å². The van der Waals surface area contributed by atoms with Gasteiger partial charge in [-0.05, 0) is 36.8 Å². The lowest BCUT2D eigenvalue weighted by Gasteiger charge is -2.15. The van der Waals surface area contributed by atoms with Crippen molar-refractivity contribution in [1.82, 2.24) is 0 Å². The summed E-state index contributed by atoms with van der Waals surface area (Å²) in [6, 6.07) is 13.0. The summed E-state index contributed by atoms with van der Waals surface area (Å²) in [6.07, 6.45) is 0.0587. The topological polar surface area (TPSA) is 98.8 Å². The maximum absolute atomic E-state index is 12.3. The summed E-state index contributed by atoms with van der Waals surface area (Å²) in [5.41, 5.74) is 1.11. The molecule has 0 fully saturated rings. The van der Waals surface area contributed by atoms with Crippen molar-refractivity contribution in [2.45, 2.75) is 18.8 Å². The number of rotatable bonds is 7. The van der Waals surface area contributed by atoms with E-state index in [1.807, 2.05) is 0 Å². The van der Waals surface area contributed by atoms with Crippen molar-refractivity contribution in [2.75, 3.05) is 18.7 Å². The van der Waals surface area contributed by atoms with Crippen molar-refractivity contribution in [2.24, 2.45) is 0 Å². The lowest BCUT2D eigenvalue weighted by molar-refractivity contribution is -0.123. The van der Waals surface area contributed by atoms with Crippen molar-refractivity contribution in [1.29, 1.82) is 0 Å². The molecule has 0 spiro atoms. The molecule has 0 aliphatic carbocycles. The number of methoxy groups -OCH3 is 1. The molecule has 7 nitrogen and oxygen atoms in total. The van der Waals surface area contributed by atoms with Gasteiger partial charge in [-0.2, -0.15) is 0 Å². The van der Waals surface area contributed by atoms with E-state index in [0.29, 0.717) is 17.0 Å². The summed E-state index contributed by atoms with van der Waals surface area (Å²) in [4.78, 5) is 24.6. The lowest BCUT2D eigenvalue weighted by Crippen LogP contribution is -2.30. The number of carbonyl (C=O) groups is 2. The first-order chi connectivity index (χ1) is 12.7. The predicted octanol–water partition coefficient (Wildman–Crippen LogP) is 2.42. The Hall–Kier alpha value is -2.87. The van der Waals surface area contributed by atoms with Gasteiger partial charge in [0.05, 0.1) is 24.1 Å². The van der Waals surface area contributed by atoms with E-state index < -0.39 is 27.8 Å². The van der Waals surface area contributed by atoms with Gasteiger partial charge in [0.25, 0.3) is 5.91 Å². The third kappa shape index (κ3) is 6.10. The minimum Gasteiger partial charge on any atom is -0.495 e. The summed E-state index contributed by atoms with van der Waals surface area (Å²) >= 11 is 0. The second-order valence-corrected chi connectivity index (χ2v) is 8.15. The van der Waals surface area contributed by atoms with Gasteiger partial charge < -0.3 is 14.8 Å². The summed E-state index contributed by atoms with van der Waals surface area (Å²) in [5.74, 6) is -0.927. The molecule has 2 rings (SSSR count). The predicted molar refractivity (Wildman–Crippen MR) is 101 cm³/mol. The number of hydrogen-bond donors (Lipinski definition) is 1. The molecule has 0 aliphatic heterocycles. The van der Waals surface area contributed by atoms with Crippen LogP contribution in [0, 0.1) is 0 Å². The van der Waals surface area contributed by atoms with Gasteiger partial charge in [0.1, 0.15) is 5.75 Å². The van der Waals surface area contributed by atoms with Crippen molar-refractivity contribution >= 4 is 27.4 Å². The van der Waals surface area contributed by atoms with Gasteiger partial charge in [-0.3, -0.25) is 4.79 Å². The van der Waals surface area contributed by atoms with Crippen LogP contribution in [0.1, 0.15) is 22.8 Å². The molecule has 8 heteroatoms. The average Bonchev–Trinajstić information content (AvgIpc) is 2.60. The minimum absolute atomic E-state index is 0.174. The maximum atomic E-state index is 12.3. The molecule has 144 valence electrons. The molecule has 2 aromatic carbocycles. The first-order valence-electron chi connectivity index (χ1n) is 8.11. The van der Waals surface area contributed by atoms with Crippen LogP contribution in [0.2, 0.25) is 0 Å². The lowest BCUT2D eigenvalue weighted by atomic mass is 10.1. The number of sulfone groups is 1. The van der Waals surface area contributed by atoms with E-state index >= 15 is 0 Å². The third-order valence-corrected chi connectivity index (χ3v) is 4.47. The van der Waals surface area contributed by atoms with Gasteiger partial charge in [0.2, 0.25) is 0 Å². The van der Waals surface area contributed by atoms with Crippen LogP contribution < -0.4 is 10.1 Å². The molecule has 0 unspecified atom stereocenters. The Morgan fingerprint density at radius 2 is 1.81 bits per heavy atom. The van der Waals surface area contributed by atoms with Crippen LogP contribution in [0.4, 0.5) is 5.69 Å². The molecule has 0 saturated heterocycles. The fourth-order valence-corrected chi connectivity index (χ4v) is 3.14. The average molecular weight is 391 g/mol. The highest BCUT2D eigenvalue weighted by atomic mass is 32.2. The molecule has 2 aromatic rings. The highest BCUT2D eigenvalue weighted by Gasteiger charge is 2.20. The first kappa shape index (κ1) is 20.4. The Labute approximate surface area is 158 Å². The largest absolute Gasteiger partial charge is 0.495 e. The van der Waals surface area contributed by atoms with Crippen LogP contribution in [0.5, 0.6) is 5.75 Å². The number of hydrogen-bond acceptors (Lipinski definition) is 6. The van der Waals surface area contributed by atoms with Crippen LogP contribution in [0.25, 0.3) is 0 Å². The molecular formula is C19H21NO6S. The second kappa shape index (κ2) is 8.68. The molecule has 1 N–H and O–H groups in total. The number of benzene rings is 2. The minimum atomic E-state index is -3.23. The zero-order valence-corrected chi connectivity index (χ0v) is 16.1. The van der Waals surface area contributed by atoms with Crippen LogP contribution in [-0.2, 0) is 25.1 Å². The molecule has 0 aromatic heterocycles. The SMILES string of the molecule is COc1ccccc1NC(=O)[C@@H](C)OC(=O)c1cccc(CS(C)(=O)=O)c1. The third-order valence-electron chi connectivity index (χ3n) is 3.61. The molecule has 27 heavy (non-hydrogen) atoms. The second-order valence-electron chi connectivity index (χ2n) is 6.01. The highest BCUT2D eigenvalue weighted by molar-refractivity contribution is 7.89. The summed E-state index contributed by atoms with van der Waals surface area (Å²) in [5, 5.41) is 2.64. The fourth-order valence-electron chi connectivity index (χ4n) is 2.36. The van der Waals surface area contributed by atoms with Crippen LogP contribution in [0.3, 0.4) is 0 Å². The number of para-hydroxylation sites is 2. The monoisotopic (exact) mass is 391 g/mol. The summed E-state index contributed by atoms with van der Waals surface area (Å²) in [6.45, 7) is 1.45. The molecule has 0 saturated carbocycles.